The smallest absolute Gasteiger partial charge is 0.328 e. The molecule has 0 bridgehead atoms. The molecule has 0 aliphatic heterocycles. The monoisotopic (exact) mass is 240 g/mol. The van der Waals surface area contributed by atoms with Gasteiger partial charge in [0.2, 0.25) is 0 Å². The van der Waals surface area contributed by atoms with Crippen molar-refractivity contribution in [3.05, 3.63) is 12.2 Å². The van der Waals surface area contributed by atoms with Gasteiger partial charge in [-0.25, -0.2) is 9.59 Å². The molecule has 0 radical (unpaired) electrons. The highest BCUT2D eigenvalue weighted by atomic mass is 16.4. The van der Waals surface area contributed by atoms with Crippen LogP contribution in [0.4, 0.5) is 4.79 Å². The van der Waals surface area contributed by atoms with Gasteiger partial charge in [-0.2, -0.15) is 0 Å². The SMILES string of the molecule is CN(C(=O)NC/C=C/C(=O)O)C1CCCCC1. The van der Waals surface area contributed by atoms with Crippen molar-refractivity contribution in [3.63, 3.8) is 0 Å². The van der Waals surface area contributed by atoms with E-state index in [1.165, 1.54) is 25.3 Å². The van der Waals surface area contributed by atoms with Gasteiger partial charge in [0.15, 0.2) is 0 Å². The largest absolute Gasteiger partial charge is 0.478 e. The van der Waals surface area contributed by atoms with Crippen molar-refractivity contribution in [2.75, 3.05) is 13.6 Å². The van der Waals surface area contributed by atoms with Gasteiger partial charge in [0, 0.05) is 25.7 Å². The predicted octanol–water partition coefficient (Wildman–Crippen LogP) is 1.60. The van der Waals surface area contributed by atoms with E-state index in [2.05, 4.69) is 5.32 Å². The first kappa shape index (κ1) is 13.5. The Bertz CT molecular complexity index is 296. The second-order valence-corrected chi connectivity index (χ2v) is 4.33. The zero-order chi connectivity index (χ0) is 12.7. The summed E-state index contributed by atoms with van der Waals surface area (Å²) in [5, 5.41) is 11.1. The molecule has 1 aliphatic carbocycles. The van der Waals surface area contributed by atoms with Gasteiger partial charge in [-0.3, -0.25) is 0 Å². The Morgan fingerprint density at radius 1 is 1.35 bits per heavy atom. The van der Waals surface area contributed by atoms with Crippen LogP contribution in [-0.2, 0) is 4.79 Å². The van der Waals surface area contributed by atoms with E-state index >= 15 is 0 Å². The van der Waals surface area contributed by atoms with Crippen molar-refractivity contribution in [1.82, 2.24) is 10.2 Å². The molecule has 0 unspecified atom stereocenters. The second kappa shape index (κ2) is 6.93. The number of carboxylic acid groups (broad SMARTS) is 1. The van der Waals surface area contributed by atoms with Gasteiger partial charge in [-0.15, -0.1) is 0 Å². The third kappa shape index (κ3) is 4.89. The normalized spacial score (nSPS) is 17.0. The molecule has 0 spiro atoms. The molecular formula is C12H20N2O3. The molecule has 2 N–H and O–H groups in total. The summed E-state index contributed by atoms with van der Waals surface area (Å²) in [6, 6.07) is 0.194. The fourth-order valence-corrected chi connectivity index (χ4v) is 2.06. The lowest BCUT2D eigenvalue weighted by Crippen LogP contribution is -2.44. The van der Waals surface area contributed by atoms with E-state index in [1.54, 1.807) is 11.9 Å². The maximum absolute atomic E-state index is 11.7. The molecule has 0 heterocycles. The number of hydrogen-bond donors (Lipinski definition) is 2. The molecule has 1 saturated carbocycles. The van der Waals surface area contributed by atoms with Gasteiger partial charge in [0.05, 0.1) is 0 Å². The van der Waals surface area contributed by atoms with Crippen molar-refractivity contribution in [3.8, 4) is 0 Å². The number of hydrogen-bond acceptors (Lipinski definition) is 2. The molecule has 0 aromatic rings. The minimum atomic E-state index is -1.00. The van der Waals surface area contributed by atoms with Crippen LogP contribution >= 0.6 is 0 Å². The molecule has 0 aromatic heterocycles. The van der Waals surface area contributed by atoms with Crippen LogP contribution < -0.4 is 5.32 Å². The lowest BCUT2D eigenvalue weighted by Gasteiger charge is -2.31. The zero-order valence-electron chi connectivity index (χ0n) is 10.2. The number of nitrogens with one attached hydrogen (secondary N) is 1. The van der Waals surface area contributed by atoms with Crippen molar-refractivity contribution in [2.24, 2.45) is 0 Å². The van der Waals surface area contributed by atoms with Crippen LogP contribution in [0, 0.1) is 0 Å². The van der Waals surface area contributed by atoms with Gasteiger partial charge in [0.1, 0.15) is 0 Å². The Balaban J connectivity index is 2.28. The van der Waals surface area contributed by atoms with Crippen LogP contribution in [0.25, 0.3) is 0 Å². The van der Waals surface area contributed by atoms with Crippen LogP contribution in [0.5, 0.6) is 0 Å². The predicted molar refractivity (Wildman–Crippen MR) is 64.8 cm³/mol. The minimum absolute atomic E-state index is 0.132. The van der Waals surface area contributed by atoms with Crippen LogP contribution in [0.15, 0.2) is 12.2 Å². The number of urea groups is 1. The number of carbonyl (C=O) groups is 2. The van der Waals surface area contributed by atoms with Gasteiger partial charge in [-0.1, -0.05) is 25.3 Å². The maximum Gasteiger partial charge on any atom is 0.328 e. The van der Waals surface area contributed by atoms with Gasteiger partial charge >= 0.3 is 12.0 Å². The Morgan fingerprint density at radius 2 is 2.00 bits per heavy atom. The third-order valence-corrected chi connectivity index (χ3v) is 3.07. The van der Waals surface area contributed by atoms with E-state index in [1.807, 2.05) is 0 Å². The number of amides is 2. The molecule has 5 heteroatoms. The topological polar surface area (TPSA) is 69.6 Å². The van der Waals surface area contributed by atoms with E-state index in [0.29, 0.717) is 6.04 Å². The van der Waals surface area contributed by atoms with Gasteiger partial charge in [-0.05, 0) is 12.8 Å². The van der Waals surface area contributed by atoms with Crippen LogP contribution in [0.1, 0.15) is 32.1 Å². The number of nitrogens with zero attached hydrogens (tertiary/aromatic N) is 1. The molecule has 0 aromatic carbocycles. The average Bonchev–Trinajstić information content (AvgIpc) is 2.34. The van der Waals surface area contributed by atoms with E-state index in [0.717, 1.165) is 18.9 Å². The van der Waals surface area contributed by atoms with Crippen LogP contribution in [0.2, 0.25) is 0 Å². The summed E-state index contributed by atoms with van der Waals surface area (Å²) in [7, 11) is 1.80. The molecule has 0 saturated heterocycles. The summed E-state index contributed by atoms with van der Waals surface area (Å²) in [5.74, 6) is -1.00. The van der Waals surface area contributed by atoms with Crippen molar-refractivity contribution in [2.45, 2.75) is 38.1 Å². The van der Waals surface area contributed by atoms with Crippen LogP contribution in [-0.4, -0.2) is 41.6 Å². The van der Waals surface area contributed by atoms with Crippen molar-refractivity contribution >= 4 is 12.0 Å². The molecule has 96 valence electrons. The number of carboxylic acids is 1. The fraction of sp³-hybridized carbons (Fsp3) is 0.667. The maximum atomic E-state index is 11.7. The van der Waals surface area contributed by atoms with E-state index in [9.17, 15) is 9.59 Å². The molecule has 1 aliphatic rings. The Morgan fingerprint density at radius 3 is 2.59 bits per heavy atom. The lowest BCUT2D eigenvalue weighted by molar-refractivity contribution is -0.131. The first-order valence-electron chi connectivity index (χ1n) is 6.01. The highest BCUT2D eigenvalue weighted by molar-refractivity contribution is 5.80. The Labute approximate surface area is 101 Å². The second-order valence-electron chi connectivity index (χ2n) is 4.33. The lowest BCUT2D eigenvalue weighted by atomic mass is 9.95. The molecule has 1 rings (SSSR count). The average molecular weight is 240 g/mol. The number of rotatable bonds is 4. The zero-order valence-corrected chi connectivity index (χ0v) is 10.2. The summed E-state index contributed by atoms with van der Waals surface area (Å²) < 4.78 is 0. The van der Waals surface area contributed by atoms with Gasteiger partial charge in [0.25, 0.3) is 0 Å². The van der Waals surface area contributed by atoms with Gasteiger partial charge < -0.3 is 15.3 Å². The minimum Gasteiger partial charge on any atom is -0.478 e. The Kier molecular flexibility index (Phi) is 5.52. The molecule has 0 atom stereocenters. The molecule has 1 fully saturated rings. The quantitative estimate of drug-likeness (QED) is 0.733. The van der Waals surface area contributed by atoms with E-state index in [4.69, 9.17) is 5.11 Å². The third-order valence-electron chi connectivity index (χ3n) is 3.07. The highest BCUT2D eigenvalue weighted by Crippen LogP contribution is 2.21. The summed E-state index contributed by atoms with van der Waals surface area (Å²) in [6.07, 6.45) is 8.20. The summed E-state index contributed by atoms with van der Waals surface area (Å²) in [6.45, 7) is 0.252. The van der Waals surface area contributed by atoms with Crippen LogP contribution in [0.3, 0.4) is 0 Å². The molecule has 17 heavy (non-hydrogen) atoms. The molecular weight excluding hydrogens is 220 g/mol. The van der Waals surface area contributed by atoms with Crippen molar-refractivity contribution in [1.29, 1.82) is 0 Å². The van der Waals surface area contributed by atoms with Crippen molar-refractivity contribution < 1.29 is 14.7 Å². The standard InChI is InChI=1S/C12H20N2O3/c1-14(10-6-3-2-4-7-10)12(17)13-9-5-8-11(15)16/h5,8,10H,2-4,6-7,9H2,1H3,(H,13,17)(H,15,16)/b8-5+. The van der Waals surface area contributed by atoms with E-state index in [-0.39, 0.29) is 12.6 Å². The Hall–Kier alpha value is -1.52. The first-order chi connectivity index (χ1) is 8.11. The first-order valence-corrected chi connectivity index (χ1v) is 6.01. The number of carbonyl (C=O) groups excluding carboxylic acids is 1. The molecule has 2 amide bonds. The van der Waals surface area contributed by atoms with E-state index < -0.39 is 5.97 Å². The summed E-state index contributed by atoms with van der Waals surface area (Å²) in [5.41, 5.74) is 0. The fourth-order valence-electron chi connectivity index (χ4n) is 2.06. The number of aliphatic carboxylic acids is 1. The summed E-state index contributed by atoms with van der Waals surface area (Å²) in [4.78, 5) is 23.7. The molecule has 5 nitrogen and oxygen atoms in total. The highest BCUT2D eigenvalue weighted by Gasteiger charge is 2.21. The summed E-state index contributed by atoms with van der Waals surface area (Å²) >= 11 is 0.